The highest BCUT2D eigenvalue weighted by Gasteiger charge is 2.36. The molecule has 1 unspecified atom stereocenters. The van der Waals surface area contributed by atoms with Crippen molar-refractivity contribution >= 4 is 33.0 Å². The molecule has 0 fully saturated rings. The molecule has 27 heavy (non-hydrogen) atoms. The van der Waals surface area contributed by atoms with E-state index in [9.17, 15) is 17.9 Å². The van der Waals surface area contributed by atoms with Gasteiger partial charge in [-0.05, 0) is 49.4 Å². The van der Waals surface area contributed by atoms with E-state index in [-0.39, 0.29) is 21.6 Å². The fourth-order valence-corrected chi connectivity index (χ4v) is 4.24. The van der Waals surface area contributed by atoms with E-state index in [0.29, 0.717) is 10.6 Å². The number of rotatable bonds is 5. The SMILES string of the molecule is CC(O)(CS(=O)(=O)c1ccc(Cl)cc1)c1nc(-c2ccc(F)c(Cl)c2)no1. The molecule has 0 aliphatic carbocycles. The molecular formula is C17H13Cl2FN2O4S. The van der Waals surface area contributed by atoms with E-state index in [1.165, 1.54) is 43.3 Å². The molecular weight excluding hydrogens is 418 g/mol. The molecule has 0 saturated heterocycles. The normalized spacial score (nSPS) is 14.1. The molecule has 0 aliphatic rings. The maximum absolute atomic E-state index is 13.3. The topological polar surface area (TPSA) is 93.3 Å². The summed E-state index contributed by atoms with van der Waals surface area (Å²) in [4.78, 5) is 4.02. The third-order valence-electron chi connectivity index (χ3n) is 3.71. The smallest absolute Gasteiger partial charge is 0.259 e. The average Bonchev–Trinajstić information content (AvgIpc) is 3.08. The first kappa shape index (κ1) is 19.8. The standard InChI is InChI=1S/C17H13Cl2FN2O4S/c1-17(23,9-27(24,25)12-5-3-11(18)4-6-12)16-21-15(22-26-16)10-2-7-14(20)13(19)8-10/h2-8,23H,9H2,1H3. The summed E-state index contributed by atoms with van der Waals surface area (Å²) in [7, 11) is -3.86. The first-order valence-electron chi connectivity index (χ1n) is 7.59. The summed E-state index contributed by atoms with van der Waals surface area (Å²) >= 11 is 11.5. The van der Waals surface area contributed by atoms with Crippen molar-refractivity contribution in [3.63, 3.8) is 0 Å². The Morgan fingerprint density at radius 3 is 2.48 bits per heavy atom. The first-order chi connectivity index (χ1) is 12.6. The molecule has 142 valence electrons. The molecule has 3 aromatic rings. The van der Waals surface area contributed by atoms with Crippen LogP contribution in [0.25, 0.3) is 11.4 Å². The van der Waals surface area contributed by atoms with Crippen LogP contribution in [0.15, 0.2) is 51.9 Å². The fraction of sp³-hybridized carbons (Fsp3) is 0.176. The maximum atomic E-state index is 13.3. The number of hydrogen-bond acceptors (Lipinski definition) is 6. The summed E-state index contributed by atoms with van der Waals surface area (Å²) in [5.41, 5.74) is -1.60. The van der Waals surface area contributed by atoms with E-state index < -0.39 is 27.0 Å². The van der Waals surface area contributed by atoms with E-state index in [2.05, 4.69) is 10.1 Å². The van der Waals surface area contributed by atoms with Crippen LogP contribution in [0.3, 0.4) is 0 Å². The van der Waals surface area contributed by atoms with Gasteiger partial charge in [-0.25, -0.2) is 12.8 Å². The van der Waals surface area contributed by atoms with Crippen LogP contribution in [-0.2, 0) is 15.4 Å². The second-order valence-electron chi connectivity index (χ2n) is 6.04. The Labute approximate surface area is 164 Å². The van der Waals surface area contributed by atoms with Crippen LogP contribution in [0, 0.1) is 5.82 Å². The Balaban J connectivity index is 1.88. The van der Waals surface area contributed by atoms with Crippen LogP contribution >= 0.6 is 23.2 Å². The van der Waals surface area contributed by atoms with Crippen LogP contribution < -0.4 is 0 Å². The van der Waals surface area contributed by atoms with Crippen molar-refractivity contribution in [1.29, 1.82) is 0 Å². The molecule has 0 aliphatic heterocycles. The van der Waals surface area contributed by atoms with Gasteiger partial charge in [-0.1, -0.05) is 28.4 Å². The van der Waals surface area contributed by atoms with Crippen LogP contribution in [0.2, 0.25) is 10.0 Å². The highest BCUT2D eigenvalue weighted by Crippen LogP contribution is 2.28. The van der Waals surface area contributed by atoms with Crippen molar-refractivity contribution in [2.75, 3.05) is 5.75 Å². The van der Waals surface area contributed by atoms with Gasteiger partial charge in [0.05, 0.1) is 15.7 Å². The summed E-state index contributed by atoms with van der Waals surface area (Å²) in [6.07, 6.45) is 0. The molecule has 1 N–H and O–H groups in total. The number of benzene rings is 2. The van der Waals surface area contributed by atoms with Gasteiger partial charge in [0.15, 0.2) is 15.4 Å². The molecule has 0 amide bonds. The van der Waals surface area contributed by atoms with Crippen molar-refractivity contribution < 1.29 is 22.4 Å². The lowest BCUT2D eigenvalue weighted by molar-refractivity contribution is 0.0452. The summed E-state index contributed by atoms with van der Waals surface area (Å²) in [6, 6.07) is 9.37. The summed E-state index contributed by atoms with van der Waals surface area (Å²) in [5.74, 6) is -1.55. The fourth-order valence-electron chi connectivity index (χ4n) is 2.35. The molecule has 3 rings (SSSR count). The average molecular weight is 431 g/mol. The Morgan fingerprint density at radius 2 is 1.85 bits per heavy atom. The van der Waals surface area contributed by atoms with Crippen LogP contribution in [0.4, 0.5) is 4.39 Å². The Hall–Kier alpha value is -2.00. The second kappa shape index (κ2) is 7.20. The highest BCUT2D eigenvalue weighted by molar-refractivity contribution is 7.91. The quantitative estimate of drug-likeness (QED) is 0.660. The predicted octanol–water partition coefficient (Wildman–Crippen LogP) is 3.86. The van der Waals surface area contributed by atoms with Gasteiger partial charge in [0.25, 0.3) is 5.89 Å². The molecule has 10 heteroatoms. The van der Waals surface area contributed by atoms with E-state index in [4.69, 9.17) is 27.7 Å². The number of hydrogen-bond donors (Lipinski definition) is 1. The van der Waals surface area contributed by atoms with Crippen LogP contribution in [0.1, 0.15) is 12.8 Å². The Bertz CT molecular complexity index is 1080. The van der Waals surface area contributed by atoms with E-state index in [1.807, 2.05) is 0 Å². The number of aromatic nitrogens is 2. The lowest BCUT2D eigenvalue weighted by atomic mass is 10.1. The lowest BCUT2D eigenvalue weighted by Crippen LogP contribution is -2.31. The molecule has 6 nitrogen and oxygen atoms in total. The van der Waals surface area contributed by atoms with Gasteiger partial charge >= 0.3 is 0 Å². The molecule has 2 aromatic carbocycles. The van der Waals surface area contributed by atoms with Gasteiger partial charge in [0, 0.05) is 10.6 Å². The zero-order valence-corrected chi connectivity index (χ0v) is 16.2. The highest BCUT2D eigenvalue weighted by atomic mass is 35.5. The van der Waals surface area contributed by atoms with Gasteiger partial charge in [-0.3, -0.25) is 0 Å². The number of sulfone groups is 1. The molecule has 0 spiro atoms. The zero-order chi connectivity index (χ0) is 19.8. The Kier molecular flexibility index (Phi) is 5.27. The zero-order valence-electron chi connectivity index (χ0n) is 13.9. The minimum absolute atomic E-state index is 0.00256. The number of aliphatic hydroxyl groups is 1. The van der Waals surface area contributed by atoms with Crippen LogP contribution in [0.5, 0.6) is 0 Å². The van der Waals surface area contributed by atoms with Crippen molar-refractivity contribution in [1.82, 2.24) is 10.1 Å². The summed E-state index contributed by atoms with van der Waals surface area (Å²) < 4.78 is 43.4. The molecule has 1 heterocycles. The van der Waals surface area contributed by atoms with Crippen LogP contribution in [-0.4, -0.2) is 29.4 Å². The molecule has 0 saturated carbocycles. The third kappa shape index (κ3) is 4.30. The van der Waals surface area contributed by atoms with Gasteiger partial charge in [-0.2, -0.15) is 4.98 Å². The van der Waals surface area contributed by atoms with Gasteiger partial charge in [-0.15, -0.1) is 0 Å². The minimum atomic E-state index is -3.86. The van der Waals surface area contributed by atoms with Crippen molar-refractivity contribution in [2.45, 2.75) is 17.4 Å². The maximum Gasteiger partial charge on any atom is 0.259 e. The lowest BCUT2D eigenvalue weighted by Gasteiger charge is -2.18. The molecule has 0 radical (unpaired) electrons. The van der Waals surface area contributed by atoms with E-state index in [0.717, 1.165) is 6.07 Å². The van der Waals surface area contributed by atoms with Crippen molar-refractivity contribution in [3.05, 3.63) is 64.2 Å². The van der Waals surface area contributed by atoms with Crippen molar-refractivity contribution in [3.8, 4) is 11.4 Å². The number of nitrogens with zero attached hydrogens (tertiary/aromatic N) is 2. The largest absolute Gasteiger partial charge is 0.379 e. The van der Waals surface area contributed by atoms with E-state index >= 15 is 0 Å². The van der Waals surface area contributed by atoms with Crippen molar-refractivity contribution in [2.24, 2.45) is 0 Å². The summed E-state index contributed by atoms with van der Waals surface area (Å²) in [6.45, 7) is 1.25. The molecule has 1 atom stereocenters. The molecule has 1 aromatic heterocycles. The predicted molar refractivity (Wildman–Crippen MR) is 97.8 cm³/mol. The van der Waals surface area contributed by atoms with Gasteiger partial charge < -0.3 is 9.63 Å². The van der Waals surface area contributed by atoms with Gasteiger partial charge in [0.2, 0.25) is 5.82 Å². The van der Waals surface area contributed by atoms with E-state index in [1.54, 1.807) is 0 Å². The van der Waals surface area contributed by atoms with Gasteiger partial charge in [0.1, 0.15) is 5.82 Å². The number of halogens is 3. The monoisotopic (exact) mass is 430 g/mol. The minimum Gasteiger partial charge on any atom is -0.379 e. The third-order valence-corrected chi connectivity index (χ3v) is 6.18. The molecule has 0 bridgehead atoms. The Morgan fingerprint density at radius 1 is 1.19 bits per heavy atom. The summed E-state index contributed by atoms with van der Waals surface area (Å²) in [5, 5.41) is 14.6. The first-order valence-corrected chi connectivity index (χ1v) is 10.00. The second-order valence-corrected chi connectivity index (χ2v) is 8.87.